The van der Waals surface area contributed by atoms with Gasteiger partial charge < -0.3 is 9.69 Å². The van der Waals surface area contributed by atoms with Gasteiger partial charge in [0.1, 0.15) is 6.29 Å². The second-order valence-electron chi connectivity index (χ2n) is 2.06. The average molecular weight is 123 g/mol. The third-order valence-corrected chi connectivity index (χ3v) is 1.24. The average Bonchev–Trinajstić information content (AvgIpc) is 1.90. The van der Waals surface area contributed by atoms with E-state index in [0.717, 1.165) is 6.29 Å². The summed E-state index contributed by atoms with van der Waals surface area (Å²) in [7, 11) is 1.92. The molecule has 0 aliphatic carbocycles. The van der Waals surface area contributed by atoms with Gasteiger partial charge in [0.2, 0.25) is 0 Å². The van der Waals surface area contributed by atoms with Crippen molar-refractivity contribution in [2.75, 3.05) is 7.05 Å². The van der Waals surface area contributed by atoms with E-state index in [4.69, 9.17) is 0 Å². The number of carbonyl (C=O) groups is 1. The minimum Gasteiger partial charge on any atom is -0.358 e. The molecule has 0 aromatic rings. The Hall–Kier alpha value is -1.05. The summed E-state index contributed by atoms with van der Waals surface area (Å²) < 4.78 is 0. The SMILES string of the molecule is CN1C=CC(C=O)C=C1. The predicted molar refractivity (Wildman–Crippen MR) is 35.6 cm³/mol. The maximum absolute atomic E-state index is 10.1. The summed E-state index contributed by atoms with van der Waals surface area (Å²) in [5.74, 6) is -0.0128. The van der Waals surface area contributed by atoms with Gasteiger partial charge in [-0.1, -0.05) is 12.2 Å². The van der Waals surface area contributed by atoms with Crippen LogP contribution in [0.3, 0.4) is 0 Å². The van der Waals surface area contributed by atoms with Crippen LogP contribution < -0.4 is 0 Å². The second kappa shape index (κ2) is 2.49. The van der Waals surface area contributed by atoms with Crippen LogP contribution >= 0.6 is 0 Å². The van der Waals surface area contributed by atoms with E-state index in [0.29, 0.717) is 0 Å². The molecule has 2 nitrogen and oxygen atoms in total. The van der Waals surface area contributed by atoms with Crippen molar-refractivity contribution in [1.29, 1.82) is 0 Å². The normalized spacial score (nSPS) is 18.6. The van der Waals surface area contributed by atoms with Crippen molar-refractivity contribution in [1.82, 2.24) is 4.90 Å². The third-order valence-electron chi connectivity index (χ3n) is 1.24. The number of allylic oxidation sites excluding steroid dienone is 2. The van der Waals surface area contributed by atoms with Crippen LogP contribution in [0.2, 0.25) is 0 Å². The van der Waals surface area contributed by atoms with Crippen molar-refractivity contribution < 1.29 is 4.79 Å². The summed E-state index contributed by atoms with van der Waals surface area (Å²) in [6.07, 6.45) is 8.37. The van der Waals surface area contributed by atoms with E-state index in [-0.39, 0.29) is 5.92 Å². The highest BCUT2D eigenvalue weighted by atomic mass is 16.1. The van der Waals surface area contributed by atoms with Gasteiger partial charge >= 0.3 is 0 Å². The maximum Gasteiger partial charge on any atom is 0.130 e. The van der Waals surface area contributed by atoms with Crippen molar-refractivity contribution in [3.8, 4) is 0 Å². The molecule has 1 rings (SSSR count). The zero-order valence-corrected chi connectivity index (χ0v) is 5.32. The molecule has 0 aromatic heterocycles. The summed E-state index contributed by atoms with van der Waals surface area (Å²) in [4.78, 5) is 12.0. The summed E-state index contributed by atoms with van der Waals surface area (Å²) in [5.41, 5.74) is 0. The first-order valence-corrected chi connectivity index (χ1v) is 2.87. The minimum absolute atomic E-state index is 0.0128. The topological polar surface area (TPSA) is 20.3 Å². The number of rotatable bonds is 1. The van der Waals surface area contributed by atoms with E-state index in [9.17, 15) is 4.79 Å². The molecule has 0 N–H and O–H groups in total. The van der Waals surface area contributed by atoms with Crippen LogP contribution in [0.1, 0.15) is 0 Å². The van der Waals surface area contributed by atoms with E-state index in [1.807, 2.05) is 36.5 Å². The van der Waals surface area contributed by atoms with Gasteiger partial charge in [-0.05, 0) is 0 Å². The van der Waals surface area contributed by atoms with Crippen molar-refractivity contribution in [2.24, 2.45) is 5.92 Å². The third kappa shape index (κ3) is 1.42. The van der Waals surface area contributed by atoms with Crippen LogP contribution in [-0.2, 0) is 4.79 Å². The van der Waals surface area contributed by atoms with E-state index in [2.05, 4.69) is 0 Å². The molecule has 0 atom stereocenters. The fourth-order valence-electron chi connectivity index (χ4n) is 0.675. The Morgan fingerprint density at radius 3 is 2.44 bits per heavy atom. The van der Waals surface area contributed by atoms with Gasteiger partial charge in [-0.3, -0.25) is 0 Å². The molecule has 0 saturated carbocycles. The Labute approximate surface area is 54.5 Å². The van der Waals surface area contributed by atoms with Crippen molar-refractivity contribution in [3.63, 3.8) is 0 Å². The maximum atomic E-state index is 10.1. The molecule has 0 radical (unpaired) electrons. The highest BCUT2D eigenvalue weighted by Gasteiger charge is 2.00. The van der Waals surface area contributed by atoms with Gasteiger partial charge in [0.05, 0.1) is 5.92 Å². The molecule has 48 valence electrons. The smallest absolute Gasteiger partial charge is 0.130 e. The highest BCUT2D eigenvalue weighted by molar-refractivity contribution is 5.60. The minimum atomic E-state index is -0.0128. The fraction of sp³-hybridized carbons (Fsp3) is 0.286. The molecule has 9 heavy (non-hydrogen) atoms. The number of carbonyl (C=O) groups excluding carboxylic acids is 1. The van der Waals surface area contributed by atoms with Crippen molar-refractivity contribution in [3.05, 3.63) is 24.6 Å². The Balaban J connectivity index is 2.58. The first kappa shape index (κ1) is 6.08. The van der Waals surface area contributed by atoms with Crippen LogP contribution in [-0.4, -0.2) is 18.2 Å². The Bertz CT molecular complexity index is 146. The van der Waals surface area contributed by atoms with Gasteiger partial charge in [0.15, 0.2) is 0 Å². The van der Waals surface area contributed by atoms with Gasteiger partial charge in [-0.2, -0.15) is 0 Å². The zero-order chi connectivity index (χ0) is 6.69. The lowest BCUT2D eigenvalue weighted by Gasteiger charge is -2.12. The van der Waals surface area contributed by atoms with Crippen molar-refractivity contribution >= 4 is 6.29 Å². The Kier molecular flexibility index (Phi) is 1.68. The molecular weight excluding hydrogens is 114 g/mol. The second-order valence-corrected chi connectivity index (χ2v) is 2.06. The molecule has 0 amide bonds. The van der Waals surface area contributed by atoms with E-state index in [1.54, 1.807) is 0 Å². The largest absolute Gasteiger partial charge is 0.358 e. The first-order chi connectivity index (χ1) is 4.33. The lowest BCUT2D eigenvalue weighted by atomic mass is 10.1. The van der Waals surface area contributed by atoms with E-state index < -0.39 is 0 Å². The quantitative estimate of drug-likeness (QED) is 0.480. The molecular formula is C7H9NO. The fourth-order valence-corrected chi connectivity index (χ4v) is 0.675. The number of hydrogen-bond donors (Lipinski definition) is 0. The summed E-state index contributed by atoms with van der Waals surface area (Å²) >= 11 is 0. The molecule has 0 bridgehead atoms. The predicted octanol–water partition coefficient (Wildman–Crippen LogP) is 0.774. The van der Waals surface area contributed by atoms with Crippen molar-refractivity contribution in [2.45, 2.75) is 0 Å². The standard InChI is InChI=1S/C7H9NO/c1-8-4-2-7(6-9)3-5-8/h2-7H,1H3. The first-order valence-electron chi connectivity index (χ1n) is 2.87. The van der Waals surface area contributed by atoms with Gasteiger partial charge in [-0.25, -0.2) is 0 Å². The molecule has 1 aliphatic rings. The van der Waals surface area contributed by atoms with Gasteiger partial charge in [0, 0.05) is 19.4 Å². The summed E-state index contributed by atoms with van der Waals surface area (Å²) in [5, 5.41) is 0. The van der Waals surface area contributed by atoms with Crippen LogP contribution in [0, 0.1) is 5.92 Å². The number of nitrogens with zero attached hydrogens (tertiary/aromatic N) is 1. The number of aldehydes is 1. The molecule has 0 saturated heterocycles. The molecule has 1 aliphatic heterocycles. The number of hydrogen-bond acceptors (Lipinski definition) is 2. The molecule has 0 fully saturated rings. The lowest BCUT2D eigenvalue weighted by Crippen LogP contribution is -2.08. The van der Waals surface area contributed by atoms with Crippen LogP contribution in [0.15, 0.2) is 24.6 Å². The zero-order valence-electron chi connectivity index (χ0n) is 5.32. The summed E-state index contributed by atoms with van der Waals surface area (Å²) in [6.45, 7) is 0. The molecule has 1 heterocycles. The molecule has 0 aromatic carbocycles. The summed E-state index contributed by atoms with van der Waals surface area (Å²) in [6, 6.07) is 0. The Morgan fingerprint density at radius 2 is 2.00 bits per heavy atom. The van der Waals surface area contributed by atoms with Crippen LogP contribution in [0.4, 0.5) is 0 Å². The molecule has 0 spiro atoms. The van der Waals surface area contributed by atoms with E-state index in [1.165, 1.54) is 0 Å². The molecule has 2 heteroatoms. The monoisotopic (exact) mass is 123 g/mol. The highest BCUT2D eigenvalue weighted by Crippen LogP contribution is 2.04. The Morgan fingerprint density at radius 1 is 1.44 bits per heavy atom. The lowest BCUT2D eigenvalue weighted by molar-refractivity contribution is -0.109. The van der Waals surface area contributed by atoms with Gasteiger partial charge in [-0.15, -0.1) is 0 Å². The van der Waals surface area contributed by atoms with Gasteiger partial charge in [0.25, 0.3) is 0 Å². The molecule has 0 unspecified atom stereocenters. The van der Waals surface area contributed by atoms with Crippen LogP contribution in [0.5, 0.6) is 0 Å². The van der Waals surface area contributed by atoms with E-state index >= 15 is 0 Å². The van der Waals surface area contributed by atoms with Crippen LogP contribution in [0.25, 0.3) is 0 Å².